The van der Waals surface area contributed by atoms with Gasteiger partial charge in [0.05, 0.1) is 29.6 Å². The molecule has 0 saturated heterocycles. The molecule has 178 valence electrons. The fourth-order valence-corrected chi connectivity index (χ4v) is 7.37. The number of hydrogen-bond donors (Lipinski definition) is 0. The molecule has 0 aliphatic rings. The van der Waals surface area contributed by atoms with Gasteiger partial charge in [0.2, 0.25) is 0 Å². The molecular weight excluding hydrogens is 651 g/mol. The van der Waals surface area contributed by atoms with Crippen molar-refractivity contribution in [2.24, 2.45) is 0 Å². The first-order chi connectivity index (χ1) is 14.1. The van der Waals surface area contributed by atoms with Crippen molar-refractivity contribution in [3.05, 3.63) is 33.3 Å². The van der Waals surface area contributed by atoms with Crippen LogP contribution < -0.4 is 118 Å². The molecular formula is C14H8Cl2Na4O12S4. The SMILES string of the molecule is Cc1c(-c2cc(S(=O)(=O)[O-])c(Cl)c(S(=O)(=O)[O-])c2C)cc(S(=O)(=O)[O-])c(Cl)c1S(=O)(=O)[O-].[Na+].[Na+].[Na+].[Na+]. The molecule has 0 aliphatic heterocycles. The van der Waals surface area contributed by atoms with Gasteiger partial charge < -0.3 is 18.2 Å². The summed E-state index contributed by atoms with van der Waals surface area (Å²) in [7, 11) is -22.2. The van der Waals surface area contributed by atoms with Crippen molar-refractivity contribution in [2.45, 2.75) is 33.4 Å². The van der Waals surface area contributed by atoms with Gasteiger partial charge in [0.15, 0.2) is 0 Å². The van der Waals surface area contributed by atoms with Crippen LogP contribution in [0.15, 0.2) is 31.7 Å². The van der Waals surface area contributed by atoms with Gasteiger partial charge in [-0.05, 0) is 48.2 Å². The van der Waals surface area contributed by atoms with Crippen LogP contribution in [-0.4, -0.2) is 51.9 Å². The molecule has 0 radical (unpaired) electrons. The fourth-order valence-electron chi connectivity index (χ4n) is 2.92. The Bertz CT molecular complexity index is 1490. The van der Waals surface area contributed by atoms with E-state index in [4.69, 9.17) is 23.2 Å². The number of halogens is 2. The maximum Gasteiger partial charge on any atom is 1.00 e. The van der Waals surface area contributed by atoms with Crippen molar-refractivity contribution in [3.63, 3.8) is 0 Å². The normalized spacial score (nSPS) is 11.9. The summed E-state index contributed by atoms with van der Waals surface area (Å²) in [6.07, 6.45) is 0. The molecule has 0 fully saturated rings. The Kier molecular flexibility index (Phi) is 17.6. The molecule has 0 unspecified atom stereocenters. The largest absolute Gasteiger partial charge is 1.00 e. The molecule has 0 atom stereocenters. The molecule has 22 heteroatoms. The first kappa shape index (κ1) is 43.1. The van der Waals surface area contributed by atoms with Crippen LogP contribution in [0, 0.1) is 13.8 Å². The molecule has 0 aliphatic carbocycles. The second-order valence-corrected chi connectivity index (χ2v) is 12.3. The summed E-state index contributed by atoms with van der Waals surface area (Å²) < 4.78 is 139. The molecule has 2 rings (SSSR count). The minimum absolute atomic E-state index is 0. The average molecular weight is 659 g/mol. The quantitative estimate of drug-likeness (QED) is 0.215. The maximum absolute atomic E-state index is 11.7. The Morgan fingerprint density at radius 1 is 0.528 bits per heavy atom. The van der Waals surface area contributed by atoms with E-state index in [-0.39, 0.29) is 118 Å². The molecule has 0 amide bonds. The summed E-state index contributed by atoms with van der Waals surface area (Å²) in [5.41, 5.74) is -2.65. The first-order valence-corrected chi connectivity index (χ1v) is 14.0. The molecule has 2 aromatic rings. The Morgan fingerprint density at radius 3 is 0.917 bits per heavy atom. The van der Waals surface area contributed by atoms with Gasteiger partial charge in [-0.25, -0.2) is 33.7 Å². The standard InChI is InChI=1S/C14H12Cl2O12S4.4Na/c1-5-7(3-9(29(17,18)19)11(15)13(5)31(23,24)25)8-4-10(30(20,21)22)12(16)14(6(8)2)32(26,27)28;;;;/h3-4H,1-2H3,(H,17,18,19)(H,20,21,22)(H,23,24,25)(H,26,27,28);;;;/q;4*+1/p-4. The van der Waals surface area contributed by atoms with E-state index in [0.717, 1.165) is 13.8 Å². The fraction of sp³-hybridized carbons (Fsp3) is 0.143. The van der Waals surface area contributed by atoms with Crippen LogP contribution in [0.1, 0.15) is 11.1 Å². The van der Waals surface area contributed by atoms with Gasteiger partial charge >= 0.3 is 118 Å². The molecule has 0 N–H and O–H groups in total. The summed E-state index contributed by atoms with van der Waals surface area (Å²) in [4.78, 5) is -5.58. The second kappa shape index (κ2) is 14.7. The van der Waals surface area contributed by atoms with Crippen molar-refractivity contribution in [1.29, 1.82) is 0 Å². The molecule has 0 saturated carbocycles. The van der Waals surface area contributed by atoms with Crippen molar-refractivity contribution in [1.82, 2.24) is 0 Å². The van der Waals surface area contributed by atoms with Crippen LogP contribution in [0.4, 0.5) is 0 Å². The third-order valence-corrected chi connectivity index (χ3v) is 9.18. The van der Waals surface area contributed by atoms with Crippen molar-refractivity contribution in [3.8, 4) is 11.1 Å². The molecule has 0 heterocycles. The Morgan fingerprint density at radius 2 is 0.750 bits per heavy atom. The molecule has 12 nitrogen and oxygen atoms in total. The van der Waals surface area contributed by atoms with Gasteiger partial charge in [0, 0.05) is 0 Å². The van der Waals surface area contributed by atoms with Gasteiger partial charge in [0.25, 0.3) is 0 Å². The Hall–Kier alpha value is 2.66. The third kappa shape index (κ3) is 9.34. The minimum Gasteiger partial charge on any atom is -0.744 e. The smallest absolute Gasteiger partial charge is 0.744 e. The van der Waals surface area contributed by atoms with Crippen LogP contribution >= 0.6 is 23.2 Å². The predicted molar refractivity (Wildman–Crippen MR) is 103 cm³/mol. The van der Waals surface area contributed by atoms with E-state index >= 15 is 0 Å². The maximum atomic E-state index is 11.7. The van der Waals surface area contributed by atoms with Crippen molar-refractivity contribution in [2.75, 3.05) is 0 Å². The Labute approximate surface area is 306 Å². The summed E-state index contributed by atoms with van der Waals surface area (Å²) in [5.74, 6) is 0. The van der Waals surface area contributed by atoms with Crippen molar-refractivity contribution >= 4 is 63.7 Å². The number of benzene rings is 2. The molecule has 0 aromatic heterocycles. The summed E-state index contributed by atoms with van der Waals surface area (Å²) in [6, 6.07) is 0.876. The van der Waals surface area contributed by atoms with Crippen LogP contribution in [0.3, 0.4) is 0 Å². The molecule has 0 bridgehead atoms. The molecule has 2 aromatic carbocycles. The number of rotatable bonds is 5. The van der Waals surface area contributed by atoms with Crippen LogP contribution in [0.25, 0.3) is 11.1 Å². The van der Waals surface area contributed by atoms with Gasteiger partial charge in [0.1, 0.15) is 40.5 Å². The zero-order valence-corrected chi connectivity index (χ0v) is 32.2. The monoisotopic (exact) mass is 658 g/mol. The third-order valence-electron chi connectivity index (χ3n) is 4.20. The van der Waals surface area contributed by atoms with Gasteiger partial charge in [-0.15, -0.1) is 0 Å². The molecule has 36 heavy (non-hydrogen) atoms. The van der Waals surface area contributed by atoms with Crippen LogP contribution in [0.5, 0.6) is 0 Å². The Balaban J connectivity index is -0.00000272. The van der Waals surface area contributed by atoms with Gasteiger partial charge in [-0.2, -0.15) is 0 Å². The topological polar surface area (TPSA) is 229 Å². The van der Waals surface area contributed by atoms with E-state index in [0.29, 0.717) is 12.1 Å². The van der Waals surface area contributed by atoms with Crippen molar-refractivity contribution < 1.29 is 170 Å². The predicted octanol–water partition coefficient (Wildman–Crippen LogP) is -11.1. The van der Waals surface area contributed by atoms with Gasteiger partial charge in [-0.3, -0.25) is 0 Å². The molecule has 0 spiro atoms. The zero-order chi connectivity index (χ0) is 25.2. The van der Waals surface area contributed by atoms with E-state index in [9.17, 15) is 51.9 Å². The number of hydrogen-bond acceptors (Lipinski definition) is 12. The second-order valence-electron chi connectivity index (χ2n) is 6.20. The first-order valence-electron chi connectivity index (χ1n) is 7.60. The van der Waals surface area contributed by atoms with Crippen LogP contribution in [-0.2, 0) is 40.5 Å². The zero-order valence-electron chi connectivity index (χ0n) is 19.4. The van der Waals surface area contributed by atoms with Gasteiger partial charge in [-0.1, -0.05) is 23.2 Å². The van der Waals surface area contributed by atoms with E-state index < -0.39 is 92.4 Å². The minimum atomic E-state index is -5.55. The summed E-state index contributed by atoms with van der Waals surface area (Å²) >= 11 is 11.3. The van der Waals surface area contributed by atoms with Crippen LogP contribution in [0.2, 0.25) is 10.0 Å². The average Bonchev–Trinajstić information content (AvgIpc) is 2.51. The van der Waals surface area contributed by atoms with E-state index in [1.54, 1.807) is 0 Å². The van der Waals surface area contributed by atoms with E-state index in [2.05, 4.69) is 0 Å². The van der Waals surface area contributed by atoms with E-state index in [1.165, 1.54) is 0 Å². The summed E-state index contributed by atoms with van der Waals surface area (Å²) in [5, 5.41) is -2.51. The summed E-state index contributed by atoms with van der Waals surface area (Å²) in [6.45, 7) is 1.80. The van der Waals surface area contributed by atoms with E-state index in [1.807, 2.05) is 0 Å².